The molecule has 0 aliphatic heterocycles. The number of thiazole rings is 1. The molecule has 10 heteroatoms. The second kappa shape index (κ2) is 9.36. The van der Waals surface area contributed by atoms with E-state index in [1.807, 2.05) is 5.38 Å². The van der Waals surface area contributed by atoms with Crippen LogP contribution >= 0.6 is 11.3 Å². The minimum absolute atomic E-state index is 0.134. The Kier molecular flexibility index (Phi) is 6.81. The molecule has 0 spiro atoms. The highest BCUT2D eigenvalue weighted by atomic mass is 32.2. The normalized spacial score (nSPS) is 11.1. The maximum atomic E-state index is 12.5. The SMILES string of the molecule is COc1ccc(CC(=O)Nc2nc(-c3ccc(N(C)S(C)(=O)=O)cc3)cs2)c(OC)c1. The Hall–Kier alpha value is -3.11. The van der Waals surface area contributed by atoms with E-state index >= 15 is 0 Å². The van der Waals surface area contributed by atoms with Crippen LogP contribution in [-0.2, 0) is 21.2 Å². The summed E-state index contributed by atoms with van der Waals surface area (Å²) in [5, 5.41) is 5.11. The number of hydrogen-bond acceptors (Lipinski definition) is 7. The summed E-state index contributed by atoms with van der Waals surface area (Å²) < 4.78 is 35.0. The van der Waals surface area contributed by atoms with Gasteiger partial charge in [0.2, 0.25) is 15.9 Å². The summed E-state index contributed by atoms with van der Waals surface area (Å²) in [5.74, 6) is 1.02. The zero-order valence-electron chi connectivity index (χ0n) is 17.6. The number of carbonyl (C=O) groups excluding carboxylic acids is 1. The Morgan fingerprint density at radius 1 is 1.13 bits per heavy atom. The molecular formula is C21H23N3O5S2. The maximum absolute atomic E-state index is 12.5. The van der Waals surface area contributed by atoms with E-state index < -0.39 is 10.0 Å². The molecule has 0 bridgehead atoms. The van der Waals surface area contributed by atoms with Crippen molar-refractivity contribution in [2.24, 2.45) is 0 Å². The topological polar surface area (TPSA) is 97.8 Å². The molecule has 1 amide bonds. The number of hydrogen-bond donors (Lipinski definition) is 1. The number of ether oxygens (including phenoxy) is 2. The van der Waals surface area contributed by atoms with Crippen molar-refractivity contribution in [3.05, 3.63) is 53.4 Å². The second-order valence-electron chi connectivity index (χ2n) is 6.72. The molecule has 0 unspecified atom stereocenters. The number of aromatic nitrogens is 1. The van der Waals surface area contributed by atoms with Crippen molar-refractivity contribution < 1.29 is 22.7 Å². The zero-order valence-corrected chi connectivity index (χ0v) is 19.2. The number of benzene rings is 2. The quantitative estimate of drug-likeness (QED) is 0.552. The summed E-state index contributed by atoms with van der Waals surface area (Å²) in [5.41, 5.74) is 2.81. The average molecular weight is 462 g/mol. The molecule has 8 nitrogen and oxygen atoms in total. The lowest BCUT2D eigenvalue weighted by Crippen LogP contribution is -2.24. The molecule has 0 aliphatic rings. The fraction of sp³-hybridized carbons (Fsp3) is 0.238. The first-order chi connectivity index (χ1) is 14.7. The van der Waals surface area contributed by atoms with E-state index in [9.17, 15) is 13.2 Å². The fourth-order valence-electron chi connectivity index (χ4n) is 2.83. The van der Waals surface area contributed by atoms with Gasteiger partial charge < -0.3 is 14.8 Å². The van der Waals surface area contributed by atoms with Crippen molar-refractivity contribution in [1.29, 1.82) is 0 Å². The lowest BCUT2D eigenvalue weighted by atomic mass is 10.1. The third-order valence-electron chi connectivity index (χ3n) is 4.62. The van der Waals surface area contributed by atoms with Gasteiger partial charge in [-0.15, -0.1) is 11.3 Å². The monoisotopic (exact) mass is 461 g/mol. The smallest absolute Gasteiger partial charge is 0.231 e. The zero-order chi connectivity index (χ0) is 22.6. The van der Waals surface area contributed by atoms with Crippen LogP contribution < -0.4 is 19.1 Å². The van der Waals surface area contributed by atoms with Crippen LogP contribution in [0.4, 0.5) is 10.8 Å². The van der Waals surface area contributed by atoms with E-state index in [0.29, 0.717) is 28.0 Å². The lowest BCUT2D eigenvalue weighted by molar-refractivity contribution is -0.115. The number of methoxy groups -OCH3 is 2. The Morgan fingerprint density at radius 3 is 2.45 bits per heavy atom. The number of anilines is 2. The molecular weight excluding hydrogens is 438 g/mol. The van der Waals surface area contributed by atoms with Gasteiger partial charge in [-0.1, -0.05) is 18.2 Å². The summed E-state index contributed by atoms with van der Waals surface area (Å²) in [6, 6.07) is 12.3. The number of amides is 1. The van der Waals surface area contributed by atoms with Crippen molar-refractivity contribution in [3.63, 3.8) is 0 Å². The molecule has 0 radical (unpaired) electrons. The van der Waals surface area contributed by atoms with E-state index in [1.165, 1.54) is 22.7 Å². The molecule has 3 aromatic rings. The van der Waals surface area contributed by atoms with E-state index in [-0.39, 0.29) is 12.3 Å². The number of carbonyl (C=O) groups is 1. The summed E-state index contributed by atoms with van der Waals surface area (Å²) in [7, 11) is 1.29. The molecule has 0 fully saturated rings. The highest BCUT2D eigenvalue weighted by Gasteiger charge is 2.14. The van der Waals surface area contributed by atoms with E-state index in [4.69, 9.17) is 9.47 Å². The van der Waals surface area contributed by atoms with Gasteiger partial charge in [0.1, 0.15) is 11.5 Å². The van der Waals surface area contributed by atoms with Gasteiger partial charge in [0.15, 0.2) is 5.13 Å². The van der Waals surface area contributed by atoms with Crippen molar-refractivity contribution in [1.82, 2.24) is 4.98 Å². The largest absolute Gasteiger partial charge is 0.497 e. The van der Waals surface area contributed by atoms with Crippen molar-refractivity contribution in [2.45, 2.75) is 6.42 Å². The molecule has 3 rings (SSSR count). The Labute approximate surface area is 185 Å². The van der Waals surface area contributed by atoms with Gasteiger partial charge in [-0.05, 0) is 18.2 Å². The summed E-state index contributed by atoms with van der Waals surface area (Å²) in [6.07, 6.45) is 1.28. The average Bonchev–Trinajstić information content (AvgIpc) is 3.21. The minimum Gasteiger partial charge on any atom is -0.497 e. The lowest BCUT2D eigenvalue weighted by Gasteiger charge is -2.16. The van der Waals surface area contributed by atoms with Crippen LogP contribution in [0.5, 0.6) is 11.5 Å². The summed E-state index contributed by atoms with van der Waals surface area (Å²) in [4.78, 5) is 16.9. The van der Waals surface area contributed by atoms with Gasteiger partial charge in [-0.25, -0.2) is 13.4 Å². The van der Waals surface area contributed by atoms with Crippen molar-refractivity contribution in [2.75, 3.05) is 37.1 Å². The van der Waals surface area contributed by atoms with Crippen LogP contribution in [0.3, 0.4) is 0 Å². The van der Waals surface area contributed by atoms with Crippen LogP contribution in [0, 0.1) is 0 Å². The van der Waals surface area contributed by atoms with Crippen LogP contribution in [0.2, 0.25) is 0 Å². The first-order valence-electron chi connectivity index (χ1n) is 9.22. The molecule has 1 aromatic heterocycles. The van der Waals surface area contributed by atoms with Gasteiger partial charge in [0.25, 0.3) is 0 Å². The van der Waals surface area contributed by atoms with Crippen LogP contribution in [0.15, 0.2) is 47.8 Å². The maximum Gasteiger partial charge on any atom is 0.231 e. The highest BCUT2D eigenvalue weighted by molar-refractivity contribution is 7.92. The molecule has 0 aliphatic carbocycles. The molecule has 2 aromatic carbocycles. The highest BCUT2D eigenvalue weighted by Crippen LogP contribution is 2.28. The van der Waals surface area contributed by atoms with Gasteiger partial charge in [0, 0.05) is 29.6 Å². The first-order valence-corrected chi connectivity index (χ1v) is 11.9. The fourth-order valence-corrected chi connectivity index (χ4v) is 4.07. The van der Waals surface area contributed by atoms with E-state index in [2.05, 4.69) is 10.3 Å². The molecule has 0 atom stereocenters. The van der Waals surface area contributed by atoms with Gasteiger partial charge in [-0.2, -0.15) is 0 Å². The van der Waals surface area contributed by atoms with Crippen LogP contribution in [0.1, 0.15) is 5.56 Å². The number of rotatable bonds is 8. The number of nitrogens with zero attached hydrogens (tertiary/aromatic N) is 2. The number of sulfonamides is 1. The summed E-state index contributed by atoms with van der Waals surface area (Å²) in [6.45, 7) is 0. The third kappa shape index (κ3) is 5.53. The van der Waals surface area contributed by atoms with Crippen LogP contribution in [-0.4, -0.2) is 46.8 Å². The predicted octanol–water partition coefficient (Wildman–Crippen LogP) is 3.40. The Balaban J connectivity index is 1.68. The molecule has 0 saturated heterocycles. The molecule has 31 heavy (non-hydrogen) atoms. The van der Waals surface area contributed by atoms with Gasteiger partial charge in [0.05, 0.1) is 38.3 Å². The Morgan fingerprint density at radius 2 is 1.84 bits per heavy atom. The summed E-state index contributed by atoms with van der Waals surface area (Å²) >= 11 is 1.31. The molecule has 1 N–H and O–H groups in total. The third-order valence-corrected chi connectivity index (χ3v) is 6.58. The predicted molar refractivity (Wildman–Crippen MR) is 123 cm³/mol. The second-order valence-corrected chi connectivity index (χ2v) is 9.59. The van der Waals surface area contributed by atoms with Crippen molar-refractivity contribution >= 4 is 38.1 Å². The van der Waals surface area contributed by atoms with Crippen LogP contribution in [0.25, 0.3) is 11.3 Å². The van der Waals surface area contributed by atoms with E-state index in [0.717, 1.165) is 17.4 Å². The van der Waals surface area contributed by atoms with Crippen molar-refractivity contribution in [3.8, 4) is 22.8 Å². The van der Waals surface area contributed by atoms with Gasteiger partial charge in [-0.3, -0.25) is 9.10 Å². The molecule has 164 valence electrons. The molecule has 1 heterocycles. The van der Waals surface area contributed by atoms with Gasteiger partial charge >= 0.3 is 0 Å². The molecule has 0 saturated carbocycles. The number of nitrogens with one attached hydrogen (secondary N) is 1. The first kappa shape index (κ1) is 22.6. The van der Waals surface area contributed by atoms with E-state index in [1.54, 1.807) is 56.7 Å². The standard InChI is InChI=1S/C21H23N3O5S2/c1-24(31(4,26)27)16-8-5-14(6-9-16)18-13-30-21(22-18)23-20(25)11-15-7-10-17(28-2)12-19(15)29-3/h5-10,12-13H,11H2,1-4H3,(H,22,23,25). The Bertz CT molecular complexity index is 1170. The minimum atomic E-state index is -3.32.